The number of hydrogen-bond acceptors (Lipinski definition) is 5. The molecule has 1 aromatic heterocycles. The van der Waals surface area contributed by atoms with Crippen molar-refractivity contribution in [1.29, 1.82) is 0 Å². The van der Waals surface area contributed by atoms with Crippen molar-refractivity contribution < 1.29 is 9.84 Å². The molecule has 0 fully saturated rings. The summed E-state index contributed by atoms with van der Waals surface area (Å²) in [6.07, 6.45) is 9.07. The third-order valence-electron chi connectivity index (χ3n) is 3.80. The molecule has 0 spiro atoms. The molecule has 7 heteroatoms. The van der Waals surface area contributed by atoms with E-state index in [1.807, 2.05) is 0 Å². The Kier molecular flexibility index (Phi) is 10.3. The first-order chi connectivity index (χ1) is 11.6. The van der Waals surface area contributed by atoms with E-state index in [9.17, 15) is 9.90 Å². The summed E-state index contributed by atoms with van der Waals surface area (Å²) in [5, 5.41) is 10.4. The Morgan fingerprint density at radius 1 is 1.25 bits per heavy atom. The molecular formula is C17H29N3O3S. The maximum Gasteiger partial charge on any atom is 0.264 e. The van der Waals surface area contributed by atoms with Gasteiger partial charge in [0.2, 0.25) is 5.88 Å². The molecule has 2 N–H and O–H groups in total. The molecule has 0 aromatic carbocycles. The van der Waals surface area contributed by atoms with Gasteiger partial charge in [-0.2, -0.15) is 0 Å². The second-order valence-corrected chi connectivity index (χ2v) is 6.18. The zero-order chi connectivity index (χ0) is 17.8. The molecular weight excluding hydrogens is 326 g/mol. The topological polar surface area (TPSA) is 79.6 Å². The van der Waals surface area contributed by atoms with E-state index >= 15 is 0 Å². The summed E-state index contributed by atoms with van der Waals surface area (Å²) in [4.78, 5) is 18.7. The number of rotatable bonds is 12. The van der Waals surface area contributed by atoms with E-state index < -0.39 is 5.56 Å². The van der Waals surface area contributed by atoms with E-state index in [0.717, 1.165) is 19.3 Å². The molecule has 1 heterocycles. The maximum absolute atomic E-state index is 12.0. The molecule has 0 aliphatic carbocycles. The second kappa shape index (κ2) is 12.0. The fourth-order valence-electron chi connectivity index (χ4n) is 2.41. The van der Waals surface area contributed by atoms with E-state index in [4.69, 9.17) is 17.0 Å². The van der Waals surface area contributed by atoms with Crippen molar-refractivity contribution in [2.24, 2.45) is 4.99 Å². The van der Waals surface area contributed by atoms with E-state index in [1.54, 1.807) is 11.7 Å². The van der Waals surface area contributed by atoms with Gasteiger partial charge in [-0.15, -0.1) is 0 Å². The molecule has 0 aliphatic heterocycles. The van der Waals surface area contributed by atoms with Gasteiger partial charge < -0.3 is 9.84 Å². The first-order valence-electron chi connectivity index (χ1n) is 8.66. The maximum atomic E-state index is 12.0. The molecule has 6 nitrogen and oxygen atoms in total. The molecule has 0 atom stereocenters. The number of aromatic nitrogens is 2. The fourth-order valence-corrected chi connectivity index (χ4v) is 2.68. The van der Waals surface area contributed by atoms with E-state index in [2.05, 4.69) is 16.9 Å². The molecule has 0 radical (unpaired) electrons. The minimum absolute atomic E-state index is 0.104. The standard InChI is InChI=1S/C17H29N3O3S/c1-3-4-5-6-7-8-11-20-16(22)14(15(21)19-17(20)24)13-18-10-9-12-23-2/h13,22H,3-12H2,1-2H3,(H,19,21,24). The molecule has 24 heavy (non-hydrogen) atoms. The summed E-state index contributed by atoms with van der Waals surface area (Å²) in [5.41, 5.74) is -0.251. The van der Waals surface area contributed by atoms with Crippen molar-refractivity contribution in [3.63, 3.8) is 0 Å². The molecule has 0 amide bonds. The predicted octanol–water partition coefficient (Wildman–Crippen LogP) is 3.43. The summed E-state index contributed by atoms with van der Waals surface area (Å²) >= 11 is 5.16. The SMILES string of the molecule is CCCCCCCCn1c(O)c(C=NCCCOC)c(=O)[nH]c1=S. The Hall–Kier alpha value is -1.47. The Morgan fingerprint density at radius 3 is 2.67 bits per heavy atom. The number of H-pyrrole nitrogens is 1. The molecule has 1 aromatic rings. The average Bonchev–Trinajstić information content (AvgIpc) is 2.55. The van der Waals surface area contributed by atoms with E-state index in [1.165, 1.54) is 31.9 Å². The number of hydrogen-bond donors (Lipinski definition) is 2. The number of methoxy groups -OCH3 is 1. The monoisotopic (exact) mass is 355 g/mol. The van der Waals surface area contributed by atoms with Crippen LogP contribution < -0.4 is 5.56 Å². The van der Waals surface area contributed by atoms with Gasteiger partial charge in [0.25, 0.3) is 5.56 Å². The highest BCUT2D eigenvalue weighted by molar-refractivity contribution is 7.71. The molecule has 0 aliphatic rings. The number of aromatic hydroxyl groups is 1. The molecule has 0 saturated heterocycles. The van der Waals surface area contributed by atoms with E-state index in [-0.39, 0.29) is 16.2 Å². The lowest BCUT2D eigenvalue weighted by Gasteiger charge is -2.11. The van der Waals surface area contributed by atoms with E-state index in [0.29, 0.717) is 19.7 Å². The van der Waals surface area contributed by atoms with Gasteiger partial charge in [-0.1, -0.05) is 39.0 Å². The van der Waals surface area contributed by atoms with Crippen LogP contribution in [0.1, 0.15) is 57.4 Å². The smallest absolute Gasteiger partial charge is 0.264 e. The van der Waals surface area contributed by atoms with Crippen molar-refractivity contribution in [2.45, 2.75) is 58.4 Å². The Balaban J connectivity index is 2.70. The second-order valence-electron chi connectivity index (χ2n) is 5.80. The van der Waals surface area contributed by atoms with Crippen LogP contribution in [0.3, 0.4) is 0 Å². The molecule has 0 saturated carbocycles. The first-order valence-corrected chi connectivity index (χ1v) is 9.07. The molecule has 136 valence electrons. The van der Waals surface area contributed by atoms with Gasteiger partial charge >= 0.3 is 0 Å². The Bertz CT molecular complexity index is 622. The first kappa shape index (κ1) is 20.6. The minimum Gasteiger partial charge on any atom is -0.494 e. The lowest BCUT2D eigenvalue weighted by Crippen LogP contribution is -2.19. The lowest BCUT2D eigenvalue weighted by atomic mass is 10.1. The summed E-state index contributed by atoms with van der Waals surface area (Å²) < 4.78 is 6.78. The van der Waals surface area contributed by atoms with Crippen molar-refractivity contribution >= 4 is 18.4 Å². The molecule has 0 bridgehead atoms. The average molecular weight is 356 g/mol. The fraction of sp³-hybridized carbons (Fsp3) is 0.706. The number of nitrogens with one attached hydrogen (secondary N) is 1. The Labute approximate surface area is 148 Å². The van der Waals surface area contributed by atoms with Crippen molar-refractivity contribution in [2.75, 3.05) is 20.3 Å². The summed E-state index contributed by atoms with van der Waals surface area (Å²) in [5.74, 6) is -0.104. The van der Waals surface area contributed by atoms with Crippen molar-refractivity contribution in [1.82, 2.24) is 9.55 Å². The number of aliphatic imine (C=N–C) groups is 1. The predicted molar refractivity (Wildman–Crippen MR) is 99.9 cm³/mol. The van der Waals surface area contributed by atoms with Crippen molar-refractivity contribution in [3.8, 4) is 5.88 Å². The zero-order valence-electron chi connectivity index (χ0n) is 14.7. The van der Waals surface area contributed by atoms with Gasteiger partial charge in [0, 0.05) is 33.0 Å². The quantitative estimate of drug-likeness (QED) is 0.342. The van der Waals surface area contributed by atoms with Crippen LogP contribution in [-0.2, 0) is 11.3 Å². The number of unbranched alkanes of at least 4 members (excludes halogenated alkanes) is 5. The number of ether oxygens (including phenoxy) is 1. The largest absolute Gasteiger partial charge is 0.494 e. The Morgan fingerprint density at radius 2 is 1.96 bits per heavy atom. The number of nitrogens with zero attached hydrogens (tertiary/aromatic N) is 2. The van der Waals surface area contributed by atoms with Gasteiger partial charge in [0.1, 0.15) is 5.56 Å². The van der Waals surface area contributed by atoms with Gasteiger partial charge in [-0.3, -0.25) is 19.3 Å². The van der Waals surface area contributed by atoms with Gasteiger partial charge in [-0.25, -0.2) is 0 Å². The van der Waals surface area contributed by atoms with Crippen LogP contribution in [-0.4, -0.2) is 41.1 Å². The van der Waals surface area contributed by atoms with Crippen LogP contribution in [0.15, 0.2) is 9.79 Å². The normalized spacial score (nSPS) is 11.4. The van der Waals surface area contributed by atoms with Crippen LogP contribution in [0.25, 0.3) is 0 Å². The molecule has 0 unspecified atom stereocenters. The van der Waals surface area contributed by atoms with Crippen LogP contribution >= 0.6 is 12.2 Å². The third-order valence-corrected chi connectivity index (χ3v) is 4.12. The summed E-state index contributed by atoms with van der Waals surface area (Å²) in [6, 6.07) is 0. The van der Waals surface area contributed by atoms with Gasteiger partial charge in [-0.05, 0) is 25.1 Å². The highest BCUT2D eigenvalue weighted by atomic mass is 32.1. The van der Waals surface area contributed by atoms with Crippen LogP contribution in [0.5, 0.6) is 5.88 Å². The zero-order valence-corrected chi connectivity index (χ0v) is 15.5. The summed E-state index contributed by atoms with van der Waals surface area (Å²) in [7, 11) is 1.63. The lowest BCUT2D eigenvalue weighted by molar-refractivity contribution is 0.197. The minimum atomic E-state index is -0.410. The van der Waals surface area contributed by atoms with Gasteiger partial charge in [0.15, 0.2) is 4.77 Å². The van der Waals surface area contributed by atoms with Crippen LogP contribution in [0.4, 0.5) is 0 Å². The van der Waals surface area contributed by atoms with Crippen LogP contribution in [0, 0.1) is 4.77 Å². The van der Waals surface area contributed by atoms with Crippen molar-refractivity contribution in [3.05, 3.63) is 20.7 Å². The molecule has 1 rings (SSSR count). The third kappa shape index (κ3) is 6.97. The van der Waals surface area contributed by atoms with Gasteiger partial charge in [0.05, 0.1) is 0 Å². The summed E-state index contributed by atoms with van der Waals surface area (Å²) in [6.45, 7) is 3.94. The highest BCUT2D eigenvalue weighted by Crippen LogP contribution is 2.14. The highest BCUT2D eigenvalue weighted by Gasteiger charge is 2.10. The van der Waals surface area contributed by atoms with Crippen LogP contribution in [0.2, 0.25) is 0 Å². The number of aromatic amines is 1.